The van der Waals surface area contributed by atoms with Crippen molar-refractivity contribution in [1.82, 2.24) is 5.09 Å². The highest BCUT2D eigenvalue weighted by atomic mass is 31.2. The van der Waals surface area contributed by atoms with Crippen molar-refractivity contribution < 1.29 is 23.5 Å². The second-order valence-electron chi connectivity index (χ2n) is 6.58. The lowest BCUT2D eigenvalue weighted by atomic mass is 10.2. The van der Waals surface area contributed by atoms with Gasteiger partial charge in [0, 0.05) is 12.1 Å². The van der Waals surface area contributed by atoms with Gasteiger partial charge in [-0.1, -0.05) is 44.4 Å². The zero-order valence-corrected chi connectivity index (χ0v) is 18.0. The van der Waals surface area contributed by atoms with Crippen molar-refractivity contribution in [2.24, 2.45) is 0 Å². The first-order valence-electron chi connectivity index (χ1n) is 9.88. The Balaban J connectivity index is 1.98. The highest BCUT2D eigenvalue weighted by molar-refractivity contribution is 7.45. The lowest BCUT2D eigenvalue weighted by Crippen LogP contribution is -2.34. The molecule has 2 aromatic carbocycles. The topological polar surface area (TPSA) is 99.9 Å². The van der Waals surface area contributed by atoms with Gasteiger partial charge >= 0.3 is 14.5 Å². The number of carbonyl (C=O) groups is 1. The molecule has 0 saturated heterocycles. The molecule has 162 valence electrons. The Labute approximate surface area is 177 Å². The monoisotopic (exact) mass is 434 g/mol. The summed E-state index contributed by atoms with van der Waals surface area (Å²) in [6.07, 6.45) is 4.09. The van der Waals surface area contributed by atoms with Crippen molar-refractivity contribution in [1.29, 1.82) is 0 Å². The van der Waals surface area contributed by atoms with Gasteiger partial charge in [-0.15, -0.1) is 0 Å². The van der Waals surface area contributed by atoms with Crippen LogP contribution in [0.5, 0.6) is 11.5 Å². The van der Waals surface area contributed by atoms with Crippen molar-refractivity contribution in [2.45, 2.75) is 45.6 Å². The molecule has 2 aromatic rings. The molecule has 0 aliphatic heterocycles. The van der Waals surface area contributed by atoms with Crippen molar-refractivity contribution in [3.05, 3.63) is 64.7 Å². The molecular weight excluding hydrogens is 407 g/mol. The minimum Gasteiger partial charge on any atom is -0.465 e. The molecule has 0 bridgehead atoms. The van der Waals surface area contributed by atoms with E-state index in [0.29, 0.717) is 18.1 Å². The number of hydrogen-bond donors (Lipinski definition) is 1. The molecule has 0 heterocycles. The Morgan fingerprint density at radius 1 is 1.03 bits per heavy atom. The van der Waals surface area contributed by atoms with Crippen LogP contribution in [0.2, 0.25) is 0 Å². The SMILES string of the molecule is CCCCCCOC(=O)C(C)NP(Oc1ccccc1)Oc1ccc([N+](=O)[O-])cc1. The number of nitro benzene ring substituents is 1. The van der Waals surface area contributed by atoms with Crippen molar-refractivity contribution in [3.63, 3.8) is 0 Å². The number of para-hydroxylation sites is 1. The van der Waals surface area contributed by atoms with Gasteiger partial charge in [-0.2, -0.15) is 0 Å². The highest BCUT2D eigenvalue weighted by Gasteiger charge is 2.24. The van der Waals surface area contributed by atoms with Crippen LogP contribution in [0, 0.1) is 10.1 Å². The molecule has 2 atom stereocenters. The molecule has 0 aliphatic carbocycles. The average molecular weight is 434 g/mol. The maximum atomic E-state index is 12.3. The molecule has 0 radical (unpaired) electrons. The van der Waals surface area contributed by atoms with Crippen LogP contribution in [-0.4, -0.2) is 23.5 Å². The fourth-order valence-electron chi connectivity index (χ4n) is 2.41. The number of benzene rings is 2. The summed E-state index contributed by atoms with van der Waals surface area (Å²) < 4.78 is 17.0. The molecule has 0 aliphatic rings. The van der Waals surface area contributed by atoms with Crippen LogP contribution in [0.4, 0.5) is 5.69 Å². The third-order valence-electron chi connectivity index (χ3n) is 4.06. The number of esters is 1. The molecule has 9 heteroatoms. The predicted molar refractivity (Wildman–Crippen MR) is 115 cm³/mol. The van der Waals surface area contributed by atoms with E-state index in [4.69, 9.17) is 13.8 Å². The van der Waals surface area contributed by atoms with Crippen LogP contribution in [0.3, 0.4) is 0 Å². The summed E-state index contributed by atoms with van der Waals surface area (Å²) >= 11 is 0. The summed E-state index contributed by atoms with van der Waals surface area (Å²) in [5.74, 6) is 0.566. The summed E-state index contributed by atoms with van der Waals surface area (Å²) in [5, 5.41) is 13.8. The first-order valence-corrected chi connectivity index (χ1v) is 11.1. The Hall–Kier alpha value is -2.70. The second kappa shape index (κ2) is 12.8. The molecule has 8 nitrogen and oxygen atoms in total. The van der Waals surface area contributed by atoms with E-state index in [1.165, 1.54) is 24.3 Å². The van der Waals surface area contributed by atoms with E-state index in [-0.39, 0.29) is 11.7 Å². The van der Waals surface area contributed by atoms with Crippen LogP contribution in [0.15, 0.2) is 54.6 Å². The molecule has 30 heavy (non-hydrogen) atoms. The summed E-state index contributed by atoms with van der Waals surface area (Å²) in [6, 6.07) is 14.1. The zero-order chi connectivity index (χ0) is 21.8. The number of nitrogens with zero attached hydrogens (tertiary/aromatic N) is 1. The lowest BCUT2D eigenvalue weighted by Gasteiger charge is -2.22. The van der Waals surface area contributed by atoms with Crippen LogP contribution in [0.25, 0.3) is 0 Å². The van der Waals surface area contributed by atoms with E-state index < -0.39 is 19.5 Å². The van der Waals surface area contributed by atoms with Gasteiger partial charge in [0.05, 0.1) is 11.5 Å². The summed E-state index contributed by atoms with van der Waals surface area (Å²) in [7, 11) is -1.76. The second-order valence-corrected chi connectivity index (χ2v) is 7.72. The minimum absolute atomic E-state index is 0.0383. The normalized spacial score (nSPS) is 12.6. The number of rotatable bonds is 13. The Morgan fingerprint density at radius 3 is 2.27 bits per heavy atom. The molecule has 2 rings (SSSR count). The number of ether oxygens (including phenoxy) is 1. The van der Waals surface area contributed by atoms with Crippen LogP contribution in [0.1, 0.15) is 39.5 Å². The maximum Gasteiger partial charge on any atom is 0.382 e. The number of unbranched alkanes of at least 4 members (excludes halogenated alkanes) is 3. The van der Waals surface area contributed by atoms with Gasteiger partial charge in [-0.3, -0.25) is 14.9 Å². The number of nitrogens with one attached hydrogen (secondary N) is 1. The largest absolute Gasteiger partial charge is 0.465 e. The fourth-order valence-corrected chi connectivity index (χ4v) is 3.60. The number of carbonyl (C=O) groups excluding carboxylic acids is 1. The van der Waals surface area contributed by atoms with Crippen LogP contribution in [-0.2, 0) is 9.53 Å². The predicted octanol–water partition coefficient (Wildman–Crippen LogP) is 5.38. The number of non-ortho nitro benzene ring substituents is 1. The lowest BCUT2D eigenvalue weighted by molar-refractivity contribution is -0.384. The first kappa shape index (κ1) is 23.6. The zero-order valence-electron chi connectivity index (χ0n) is 17.2. The van der Waals surface area contributed by atoms with Gasteiger partial charge in [-0.25, -0.2) is 5.09 Å². The van der Waals surface area contributed by atoms with Crippen LogP contribution < -0.4 is 14.1 Å². The molecule has 2 unspecified atom stereocenters. The molecule has 0 amide bonds. The Morgan fingerprint density at radius 2 is 1.67 bits per heavy atom. The minimum atomic E-state index is -1.76. The molecular formula is C21H27N2O6P. The smallest absolute Gasteiger partial charge is 0.382 e. The summed E-state index contributed by atoms with van der Waals surface area (Å²) in [6.45, 7) is 4.18. The quantitative estimate of drug-likeness (QED) is 0.148. The van der Waals surface area contributed by atoms with Gasteiger partial charge < -0.3 is 13.8 Å². The third-order valence-corrected chi connectivity index (χ3v) is 5.41. The maximum absolute atomic E-state index is 12.3. The van der Waals surface area contributed by atoms with E-state index in [0.717, 1.165) is 25.7 Å². The Bertz CT molecular complexity index is 788. The Kier molecular flexibility index (Phi) is 10.0. The third kappa shape index (κ3) is 8.35. The van der Waals surface area contributed by atoms with E-state index >= 15 is 0 Å². The van der Waals surface area contributed by atoms with Gasteiger partial charge in [0.2, 0.25) is 0 Å². The molecule has 0 saturated carbocycles. The van der Waals surface area contributed by atoms with Crippen molar-refractivity contribution in [2.75, 3.05) is 6.61 Å². The van der Waals surface area contributed by atoms with Crippen molar-refractivity contribution >= 4 is 20.2 Å². The van der Waals surface area contributed by atoms with E-state index in [1.807, 2.05) is 18.2 Å². The van der Waals surface area contributed by atoms with Gasteiger partial charge in [-0.05, 0) is 37.6 Å². The fraction of sp³-hybridized carbons (Fsp3) is 0.381. The molecule has 0 spiro atoms. The van der Waals surface area contributed by atoms with Gasteiger partial charge in [0.1, 0.15) is 17.5 Å². The number of nitro groups is 1. The van der Waals surface area contributed by atoms with E-state index in [9.17, 15) is 14.9 Å². The highest BCUT2D eigenvalue weighted by Crippen LogP contribution is 2.37. The summed E-state index contributed by atoms with van der Waals surface area (Å²) in [4.78, 5) is 22.6. The summed E-state index contributed by atoms with van der Waals surface area (Å²) in [5.41, 5.74) is -0.0383. The molecule has 0 fully saturated rings. The molecule has 0 aromatic heterocycles. The standard InChI is InChI=1S/C21H27N2O6P/c1-3-4-5-9-16-27-21(24)17(2)22-30(28-19-10-7-6-8-11-19)29-20-14-12-18(13-15-20)23(25)26/h6-8,10-15,17,22H,3-5,9,16H2,1-2H3. The van der Waals surface area contributed by atoms with E-state index in [2.05, 4.69) is 12.0 Å². The van der Waals surface area contributed by atoms with Crippen LogP contribution >= 0.6 is 8.53 Å². The average Bonchev–Trinajstić information content (AvgIpc) is 2.74. The number of hydrogen-bond acceptors (Lipinski definition) is 7. The van der Waals surface area contributed by atoms with Gasteiger partial charge in [0.25, 0.3) is 5.69 Å². The molecule has 1 N–H and O–H groups in total. The van der Waals surface area contributed by atoms with Gasteiger partial charge in [0.15, 0.2) is 0 Å². The van der Waals surface area contributed by atoms with E-state index in [1.54, 1.807) is 19.1 Å². The first-order chi connectivity index (χ1) is 14.5. The van der Waals surface area contributed by atoms with Crippen molar-refractivity contribution in [3.8, 4) is 11.5 Å².